The molecule has 0 aliphatic carbocycles. The molecule has 14 heavy (non-hydrogen) atoms. The van der Waals surface area contributed by atoms with Crippen LogP contribution < -0.4 is 11.1 Å². The molecular formula is C9H19N3O2. The molecule has 4 N–H and O–H groups in total. The average Bonchev–Trinajstić information content (AvgIpc) is 2.16. The van der Waals surface area contributed by atoms with Crippen molar-refractivity contribution in [2.75, 3.05) is 14.2 Å². The quantitative estimate of drug-likeness (QED) is 0.238. The highest BCUT2D eigenvalue weighted by Crippen LogP contribution is 2.04. The van der Waals surface area contributed by atoms with E-state index in [1.54, 1.807) is 7.05 Å². The molecule has 0 saturated carbocycles. The van der Waals surface area contributed by atoms with Gasteiger partial charge in [0.1, 0.15) is 6.04 Å². The number of likely N-dealkylation sites (N-methyl/N-ethyl adjacent to an activating group) is 1. The van der Waals surface area contributed by atoms with Crippen molar-refractivity contribution in [2.45, 2.75) is 31.7 Å². The highest BCUT2D eigenvalue weighted by Gasteiger charge is 2.15. The van der Waals surface area contributed by atoms with Crippen LogP contribution in [0.1, 0.15) is 25.7 Å². The van der Waals surface area contributed by atoms with Gasteiger partial charge in [-0.05, 0) is 19.9 Å². The number of nitrogens with two attached hydrogens (primary N) is 1. The molecule has 1 atom stereocenters. The lowest BCUT2D eigenvalue weighted by Gasteiger charge is -2.12. The molecule has 0 amide bonds. The van der Waals surface area contributed by atoms with Crippen molar-refractivity contribution in [3.63, 3.8) is 0 Å². The van der Waals surface area contributed by atoms with E-state index >= 15 is 0 Å². The maximum atomic E-state index is 11.1. The zero-order valence-electron chi connectivity index (χ0n) is 8.80. The largest absolute Gasteiger partial charge is 0.468 e. The molecule has 0 spiro atoms. The zero-order chi connectivity index (χ0) is 11.0. The molecule has 0 aromatic rings. The first kappa shape index (κ1) is 12.9. The topological polar surface area (TPSA) is 88.2 Å². The number of hydrogen-bond donors (Lipinski definition) is 3. The standard InChI is InChI=1S/C9H19N3O2/c1-12-7(9(13)14-2)5-3-4-6-8(10)11/h7,12H,3-6H2,1-2H3,(H3,10,11). The van der Waals surface area contributed by atoms with Crippen molar-refractivity contribution in [3.8, 4) is 0 Å². The van der Waals surface area contributed by atoms with Gasteiger partial charge in [0.2, 0.25) is 0 Å². The van der Waals surface area contributed by atoms with E-state index in [1.807, 2.05) is 0 Å². The van der Waals surface area contributed by atoms with Crippen LogP contribution in [0.5, 0.6) is 0 Å². The van der Waals surface area contributed by atoms with Crippen molar-refractivity contribution < 1.29 is 9.53 Å². The number of hydrogen-bond acceptors (Lipinski definition) is 4. The van der Waals surface area contributed by atoms with Gasteiger partial charge in [0, 0.05) is 6.42 Å². The molecule has 0 aliphatic heterocycles. The zero-order valence-corrected chi connectivity index (χ0v) is 8.80. The molecule has 0 heterocycles. The Kier molecular flexibility index (Phi) is 6.74. The fourth-order valence-electron chi connectivity index (χ4n) is 1.19. The Morgan fingerprint density at radius 1 is 1.57 bits per heavy atom. The Morgan fingerprint density at radius 3 is 2.64 bits per heavy atom. The van der Waals surface area contributed by atoms with Crippen LogP contribution in [0.15, 0.2) is 0 Å². The second kappa shape index (κ2) is 7.32. The molecular weight excluding hydrogens is 182 g/mol. The molecule has 0 saturated heterocycles. The summed E-state index contributed by atoms with van der Waals surface area (Å²) < 4.78 is 4.61. The number of carbonyl (C=O) groups is 1. The van der Waals surface area contributed by atoms with Gasteiger partial charge in [0.15, 0.2) is 0 Å². The Hall–Kier alpha value is -1.10. The van der Waals surface area contributed by atoms with E-state index in [0.717, 1.165) is 19.3 Å². The van der Waals surface area contributed by atoms with E-state index in [1.165, 1.54) is 7.11 Å². The molecule has 0 aromatic carbocycles. The predicted molar refractivity (Wildman–Crippen MR) is 55.2 cm³/mol. The second-order valence-electron chi connectivity index (χ2n) is 3.14. The van der Waals surface area contributed by atoms with Crippen molar-refractivity contribution >= 4 is 11.8 Å². The molecule has 0 aliphatic rings. The maximum absolute atomic E-state index is 11.1. The summed E-state index contributed by atoms with van der Waals surface area (Å²) in [5.74, 6) is -0.0422. The highest BCUT2D eigenvalue weighted by molar-refractivity contribution is 5.77. The third-order valence-corrected chi connectivity index (χ3v) is 2.02. The van der Waals surface area contributed by atoms with Crippen LogP contribution in [-0.2, 0) is 9.53 Å². The lowest BCUT2D eigenvalue weighted by molar-refractivity contribution is -0.143. The molecule has 5 nitrogen and oxygen atoms in total. The third-order valence-electron chi connectivity index (χ3n) is 2.02. The molecule has 0 aromatic heterocycles. The molecule has 5 heteroatoms. The van der Waals surface area contributed by atoms with Crippen LogP contribution in [0.3, 0.4) is 0 Å². The van der Waals surface area contributed by atoms with E-state index in [4.69, 9.17) is 11.1 Å². The molecule has 1 unspecified atom stereocenters. The summed E-state index contributed by atoms with van der Waals surface area (Å²) in [6.07, 6.45) is 3.01. The van der Waals surface area contributed by atoms with Crippen molar-refractivity contribution in [3.05, 3.63) is 0 Å². The van der Waals surface area contributed by atoms with Gasteiger partial charge in [0.25, 0.3) is 0 Å². The number of carbonyl (C=O) groups excluding carboxylic acids is 1. The van der Waals surface area contributed by atoms with Crippen LogP contribution in [0.25, 0.3) is 0 Å². The summed E-state index contributed by atoms with van der Waals surface area (Å²) in [4.78, 5) is 11.1. The van der Waals surface area contributed by atoms with Gasteiger partial charge in [0.05, 0.1) is 12.9 Å². The van der Waals surface area contributed by atoms with Crippen LogP contribution in [-0.4, -0.2) is 32.0 Å². The number of methoxy groups -OCH3 is 1. The first-order valence-corrected chi connectivity index (χ1v) is 4.69. The van der Waals surface area contributed by atoms with Crippen LogP contribution in [0.2, 0.25) is 0 Å². The number of esters is 1. The molecule has 82 valence electrons. The number of amidine groups is 1. The van der Waals surface area contributed by atoms with Crippen LogP contribution in [0.4, 0.5) is 0 Å². The number of unbranched alkanes of at least 4 members (excludes halogenated alkanes) is 1. The Bertz CT molecular complexity index is 194. The second-order valence-corrected chi connectivity index (χ2v) is 3.14. The summed E-state index contributed by atoms with van der Waals surface area (Å²) in [5, 5.41) is 9.90. The molecule has 0 bridgehead atoms. The number of nitrogens with one attached hydrogen (secondary N) is 2. The summed E-state index contributed by atoms with van der Waals surface area (Å²) in [6.45, 7) is 0. The van der Waals surface area contributed by atoms with Gasteiger partial charge in [-0.1, -0.05) is 6.42 Å². The summed E-state index contributed by atoms with van der Waals surface area (Å²) >= 11 is 0. The van der Waals surface area contributed by atoms with Crippen LogP contribution >= 0.6 is 0 Å². The first-order valence-electron chi connectivity index (χ1n) is 4.69. The molecule has 0 rings (SSSR count). The smallest absolute Gasteiger partial charge is 0.322 e. The average molecular weight is 201 g/mol. The van der Waals surface area contributed by atoms with Gasteiger partial charge in [-0.25, -0.2) is 0 Å². The number of rotatable bonds is 7. The Labute approximate surface area is 84.5 Å². The SMILES string of the molecule is CNC(CCCCC(=N)N)C(=O)OC. The van der Waals surface area contributed by atoms with Crippen molar-refractivity contribution in [1.29, 1.82) is 5.41 Å². The lowest BCUT2D eigenvalue weighted by Crippen LogP contribution is -2.34. The van der Waals surface area contributed by atoms with E-state index < -0.39 is 0 Å². The third kappa shape index (κ3) is 5.53. The van der Waals surface area contributed by atoms with Crippen molar-refractivity contribution in [2.24, 2.45) is 5.73 Å². The fraction of sp³-hybridized carbons (Fsp3) is 0.778. The highest BCUT2D eigenvalue weighted by atomic mass is 16.5. The van der Waals surface area contributed by atoms with Crippen LogP contribution in [0, 0.1) is 5.41 Å². The predicted octanol–water partition coefficient (Wildman–Crippen LogP) is 0.244. The summed E-state index contributed by atoms with van der Waals surface area (Å²) in [7, 11) is 3.11. The van der Waals surface area contributed by atoms with E-state index in [-0.39, 0.29) is 17.8 Å². The Balaban J connectivity index is 3.63. The van der Waals surface area contributed by atoms with Gasteiger partial charge >= 0.3 is 5.97 Å². The minimum Gasteiger partial charge on any atom is -0.468 e. The monoisotopic (exact) mass is 201 g/mol. The lowest BCUT2D eigenvalue weighted by atomic mass is 10.1. The number of ether oxygens (including phenoxy) is 1. The molecule has 0 radical (unpaired) electrons. The van der Waals surface area contributed by atoms with Crippen molar-refractivity contribution in [1.82, 2.24) is 5.32 Å². The van der Waals surface area contributed by atoms with Gasteiger partial charge < -0.3 is 15.8 Å². The fourth-order valence-corrected chi connectivity index (χ4v) is 1.19. The summed E-state index contributed by atoms with van der Waals surface area (Å²) in [5.41, 5.74) is 5.20. The minimum absolute atomic E-state index is 0.198. The van der Waals surface area contributed by atoms with Gasteiger partial charge in [-0.2, -0.15) is 0 Å². The van der Waals surface area contributed by atoms with Gasteiger partial charge in [-0.3, -0.25) is 10.2 Å². The van der Waals surface area contributed by atoms with E-state index in [9.17, 15) is 4.79 Å². The van der Waals surface area contributed by atoms with E-state index in [0.29, 0.717) is 6.42 Å². The Morgan fingerprint density at radius 2 is 2.21 bits per heavy atom. The summed E-state index contributed by atoms with van der Waals surface area (Å²) in [6, 6.07) is -0.244. The first-order chi connectivity index (χ1) is 6.61. The minimum atomic E-state index is -0.244. The van der Waals surface area contributed by atoms with Gasteiger partial charge in [-0.15, -0.1) is 0 Å². The normalized spacial score (nSPS) is 12.1. The maximum Gasteiger partial charge on any atom is 0.322 e. The van der Waals surface area contributed by atoms with E-state index in [2.05, 4.69) is 10.1 Å². The molecule has 0 fully saturated rings.